The molecule has 2 nitrogen and oxygen atoms in total. The summed E-state index contributed by atoms with van der Waals surface area (Å²) < 4.78 is 0. The highest BCUT2D eigenvalue weighted by atomic mass is 32.1. The summed E-state index contributed by atoms with van der Waals surface area (Å²) >= 11 is 1.77. The molecule has 15 heavy (non-hydrogen) atoms. The van der Waals surface area contributed by atoms with Crippen LogP contribution in [0.2, 0.25) is 0 Å². The van der Waals surface area contributed by atoms with Crippen molar-refractivity contribution in [3.63, 3.8) is 0 Å². The van der Waals surface area contributed by atoms with Crippen LogP contribution in [-0.2, 0) is 0 Å². The van der Waals surface area contributed by atoms with Crippen molar-refractivity contribution in [2.45, 2.75) is 18.1 Å². The van der Waals surface area contributed by atoms with E-state index in [4.69, 9.17) is 0 Å². The maximum atomic E-state index is 4.57. The summed E-state index contributed by atoms with van der Waals surface area (Å²) in [6, 6.07) is 5.15. The Morgan fingerprint density at radius 3 is 3.07 bits per heavy atom. The Morgan fingerprint density at radius 1 is 1.27 bits per heavy atom. The Kier molecular flexibility index (Phi) is 2.27. The summed E-state index contributed by atoms with van der Waals surface area (Å²) in [5.74, 6) is 0. The number of aliphatic imine (C=N–C) groups is 1. The van der Waals surface area contributed by atoms with Gasteiger partial charge in [-0.3, -0.25) is 10.3 Å². The highest BCUT2D eigenvalue weighted by Crippen LogP contribution is 2.23. The summed E-state index contributed by atoms with van der Waals surface area (Å²) in [5, 5.41) is 5.69. The largest absolute Gasteiger partial charge is 0.296 e. The van der Waals surface area contributed by atoms with Gasteiger partial charge in [-0.1, -0.05) is 30.4 Å². The molecule has 3 unspecified atom stereocenters. The van der Waals surface area contributed by atoms with E-state index in [1.807, 2.05) is 6.21 Å². The minimum atomic E-state index is 0.280. The fraction of sp³-hybridized carbons (Fsp3) is 0.250. The first kappa shape index (κ1) is 9.07. The summed E-state index contributed by atoms with van der Waals surface area (Å²) in [6.45, 7) is 0. The van der Waals surface area contributed by atoms with Gasteiger partial charge in [0.1, 0.15) is 0 Å². The lowest BCUT2D eigenvalue weighted by Gasteiger charge is -2.30. The van der Waals surface area contributed by atoms with Crippen LogP contribution in [0.25, 0.3) is 0 Å². The number of allylic oxidation sites excluding steroid dienone is 2. The van der Waals surface area contributed by atoms with E-state index in [9.17, 15) is 0 Å². The van der Waals surface area contributed by atoms with Crippen molar-refractivity contribution >= 4 is 17.6 Å². The first-order chi connectivity index (χ1) is 7.43. The molecular formula is C12H12N2S. The average molecular weight is 216 g/mol. The monoisotopic (exact) mass is 216 g/mol. The number of nitrogens with zero attached hydrogens (tertiary/aromatic N) is 1. The standard InChI is InChI=1S/C12H12N2S/c1-2-5-10-9(4-1)13-8-11(14-10)12-6-3-7-15-12/h1-11,14H. The summed E-state index contributed by atoms with van der Waals surface area (Å²) in [6.07, 6.45) is 10.5. The maximum absolute atomic E-state index is 4.57. The zero-order valence-electron chi connectivity index (χ0n) is 8.21. The van der Waals surface area contributed by atoms with Gasteiger partial charge in [-0.05, 0) is 11.4 Å². The molecule has 0 saturated heterocycles. The van der Waals surface area contributed by atoms with Crippen molar-refractivity contribution in [2.75, 3.05) is 0 Å². The van der Waals surface area contributed by atoms with Crippen LogP contribution in [0.5, 0.6) is 0 Å². The molecule has 0 fully saturated rings. The van der Waals surface area contributed by atoms with E-state index in [-0.39, 0.29) is 12.1 Å². The van der Waals surface area contributed by atoms with Gasteiger partial charge in [0.2, 0.25) is 0 Å². The molecule has 3 atom stereocenters. The van der Waals surface area contributed by atoms with Gasteiger partial charge in [0.15, 0.2) is 0 Å². The molecule has 0 radical (unpaired) electrons. The quantitative estimate of drug-likeness (QED) is 0.765. The van der Waals surface area contributed by atoms with Gasteiger partial charge in [0.05, 0.1) is 18.1 Å². The molecule has 1 aromatic heterocycles. The lowest BCUT2D eigenvalue weighted by atomic mass is 10.00. The molecule has 0 spiro atoms. The predicted molar refractivity (Wildman–Crippen MR) is 64.5 cm³/mol. The second-order valence-corrected chi connectivity index (χ2v) is 4.72. The molecule has 0 bridgehead atoms. The molecule has 76 valence electrons. The molecule has 1 N–H and O–H groups in total. The van der Waals surface area contributed by atoms with E-state index < -0.39 is 0 Å². The Labute approximate surface area is 93.0 Å². The van der Waals surface area contributed by atoms with Gasteiger partial charge < -0.3 is 0 Å². The van der Waals surface area contributed by atoms with Crippen LogP contribution in [0.3, 0.4) is 0 Å². The van der Waals surface area contributed by atoms with Crippen molar-refractivity contribution < 1.29 is 0 Å². The second-order valence-electron chi connectivity index (χ2n) is 3.74. The zero-order valence-corrected chi connectivity index (χ0v) is 9.02. The fourth-order valence-corrected chi connectivity index (χ4v) is 2.70. The second kappa shape index (κ2) is 3.76. The number of thiophene rings is 1. The zero-order chi connectivity index (χ0) is 10.1. The lowest BCUT2D eigenvalue weighted by molar-refractivity contribution is 0.502. The van der Waals surface area contributed by atoms with Crippen LogP contribution in [0.1, 0.15) is 10.9 Å². The lowest BCUT2D eigenvalue weighted by Crippen LogP contribution is -2.43. The van der Waals surface area contributed by atoms with Crippen molar-refractivity contribution in [2.24, 2.45) is 4.99 Å². The van der Waals surface area contributed by atoms with Crippen LogP contribution in [0.4, 0.5) is 0 Å². The minimum Gasteiger partial charge on any atom is -0.296 e. The molecular weight excluding hydrogens is 204 g/mol. The highest BCUT2D eigenvalue weighted by Gasteiger charge is 2.25. The molecule has 0 amide bonds. The van der Waals surface area contributed by atoms with Gasteiger partial charge in [0, 0.05) is 11.1 Å². The third-order valence-corrected chi connectivity index (χ3v) is 3.69. The van der Waals surface area contributed by atoms with Gasteiger partial charge in [-0.15, -0.1) is 11.3 Å². The van der Waals surface area contributed by atoms with Crippen LogP contribution >= 0.6 is 11.3 Å². The van der Waals surface area contributed by atoms with Crippen LogP contribution in [0.15, 0.2) is 46.8 Å². The van der Waals surface area contributed by atoms with E-state index in [0.29, 0.717) is 6.04 Å². The van der Waals surface area contributed by atoms with Crippen molar-refractivity contribution in [3.05, 3.63) is 46.7 Å². The van der Waals surface area contributed by atoms with Crippen molar-refractivity contribution in [3.8, 4) is 0 Å². The summed E-state index contributed by atoms with van der Waals surface area (Å²) in [7, 11) is 0. The van der Waals surface area contributed by atoms with Crippen LogP contribution < -0.4 is 5.32 Å². The third kappa shape index (κ3) is 1.68. The molecule has 0 saturated carbocycles. The van der Waals surface area contributed by atoms with E-state index in [1.165, 1.54) is 4.88 Å². The van der Waals surface area contributed by atoms with E-state index in [2.05, 4.69) is 52.1 Å². The highest BCUT2D eigenvalue weighted by molar-refractivity contribution is 7.10. The summed E-state index contributed by atoms with van der Waals surface area (Å²) in [4.78, 5) is 5.90. The van der Waals surface area contributed by atoms with Gasteiger partial charge in [0.25, 0.3) is 0 Å². The molecule has 0 aromatic carbocycles. The van der Waals surface area contributed by atoms with E-state index >= 15 is 0 Å². The number of rotatable bonds is 1. The Balaban J connectivity index is 1.85. The Hall–Kier alpha value is -1.19. The van der Waals surface area contributed by atoms with Crippen molar-refractivity contribution in [1.29, 1.82) is 0 Å². The fourth-order valence-electron chi connectivity index (χ4n) is 1.95. The predicted octanol–water partition coefficient (Wildman–Crippen LogP) is 2.33. The number of hydrogen-bond acceptors (Lipinski definition) is 3. The first-order valence-corrected chi connectivity index (χ1v) is 5.99. The average Bonchev–Trinajstić information content (AvgIpc) is 2.82. The number of nitrogens with one attached hydrogen (secondary N) is 1. The first-order valence-electron chi connectivity index (χ1n) is 5.11. The third-order valence-electron chi connectivity index (χ3n) is 2.73. The minimum absolute atomic E-state index is 0.280. The number of hydrogen-bond donors (Lipinski definition) is 1. The summed E-state index contributed by atoms with van der Waals surface area (Å²) in [5.41, 5.74) is 0. The van der Waals surface area contributed by atoms with Crippen LogP contribution in [-0.4, -0.2) is 18.3 Å². The molecule has 3 heteroatoms. The SMILES string of the molecule is C1=CC2N=CC(c3cccs3)NC2C=C1. The molecule has 2 heterocycles. The van der Waals surface area contributed by atoms with Gasteiger partial charge in [-0.2, -0.15) is 0 Å². The normalized spacial score (nSPS) is 32.9. The van der Waals surface area contributed by atoms with Gasteiger partial charge >= 0.3 is 0 Å². The smallest absolute Gasteiger partial charge is 0.0869 e. The van der Waals surface area contributed by atoms with E-state index in [0.717, 1.165) is 0 Å². The number of fused-ring (bicyclic) bond motifs is 1. The molecule has 1 aliphatic carbocycles. The molecule has 3 rings (SSSR count). The molecule has 1 aliphatic heterocycles. The Morgan fingerprint density at radius 2 is 2.20 bits per heavy atom. The topological polar surface area (TPSA) is 24.4 Å². The van der Waals surface area contributed by atoms with Gasteiger partial charge in [-0.25, -0.2) is 0 Å². The molecule has 1 aromatic rings. The van der Waals surface area contributed by atoms with Crippen LogP contribution in [0, 0.1) is 0 Å². The maximum Gasteiger partial charge on any atom is 0.0869 e. The molecule has 2 aliphatic rings. The van der Waals surface area contributed by atoms with Crippen molar-refractivity contribution in [1.82, 2.24) is 5.32 Å². The Bertz CT molecular complexity index is 417. The van der Waals surface area contributed by atoms with E-state index in [1.54, 1.807) is 11.3 Å².